The molecule has 1 rings (SSSR count). The fraction of sp³-hybridized carbons (Fsp3) is 0.706. The summed E-state index contributed by atoms with van der Waals surface area (Å²) >= 11 is 2.28. The molecule has 0 radical (unpaired) electrons. The third-order valence-electron chi connectivity index (χ3n) is 3.78. The Labute approximate surface area is 166 Å². The summed E-state index contributed by atoms with van der Waals surface area (Å²) in [5, 5.41) is -0.0358. The Morgan fingerprint density at radius 2 is 1.04 bits per heavy atom. The van der Waals surface area contributed by atoms with Crippen molar-refractivity contribution >= 4 is 33.8 Å². The minimum atomic E-state index is -0.626. The van der Waals surface area contributed by atoms with E-state index in [2.05, 4.69) is 0 Å². The number of carbonyl (C=O) groups excluding carboxylic acids is 2. The fourth-order valence-electron chi connectivity index (χ4n) is 2.45. The maximum atomic E-state index is 12.7. The molecule has 0 atom stereocenters. The monoisotopic (exact) mass is 417 g/mol. The first-order valence-corrected chi connectivity index (χ1v) is 11.0. The van der Waals surface area contributed by atoms with E-state index in [0.29, 0.717) is 30.8 Å². The van der Waals surface area contributed by atoms with Gasteiger partial charge in [-0.1, -0.05) is 36.9 Å². The third kappa shape index (κ3) is 7.53. The van der Waals surface area contributed by atoms with Gasteiger partial charge in [-0.2, -0.15) is 0 Å². The van der Waals surface area contributed by atoms with Crippen LogP contribution in [-0.4, -0.2) is 35.4 Å². The molecule has 0 aliphatic carbocycles. The average Bonchev–Trinajstić information content (AvgIpc) is 2.59. The molecule has 0 saturated carbocycles. The SMILES string of the molecule is CCCCn1c(=O)n(CCCSC(C)=O)c(=O)n(CCCSC(C)=O)c1=O. The third-order valence-corrected chi connectivity index (χ3v) is 5.58. The zero-order chi connectivity index (χ0) is 20.4. The zero-order valence-electron chi connectivity index (χ0n) is 16.1. The van der Waals surface area contributed by atoms with Crippen LogP contribution >= 0.6 is 23.5 Å². The molecule has 10 heteroatoms. The second-order valence-electron chi connectivity index (χ2n) is 6.04. The van der Waals surface area contributed by atoms with Crippen molar-refractivity contribution in [2.45, 2.75) is 66.1 Å². The molecule has 1 aromatic rings. The van der Waals surface area contributed by atoms with Gasteiger partial charge < -0.3 is 0 Å². The Morgan fingerprint density at radius 3 is 1.33 bits per heavy atom. The maximum Gasteiger partial charge on any atom is 0.336 e. The molecule has 0 aliphatic rings. The number of thioether (sulfide) groups is 2. The van der Waals surface area contributed by atoms with Gasteiger partial charge in [0.1, 0.15) is 0 Å². The van der Waals surface area contributed by atoms with Gasteiger partial charge in [-0.3, -0.25) is 9.59 Å². The fourth-order valence-corrected chi connectivity index (χ4v) is 3.57. The van der Waals surface area contributed by atoms with E-state index in [1.807, 2.05) is 6.92 Å². The van der Waals surface area contributed by atoms with E-state index in [1.165, 1.54) is 13.8 Å². The molecule has 0 unspecified atom stereocenters. The van der Waals surface area contributed by atoms with Crippen LogP contribution in [0.3, 0.4) is 0 Å². The Balaban J connectivity index is 3.11. The predicted octanol–water partition coefficient (Wildman–Crippen LogP) is 1.31. The van der Waals surface area contributed by atoms with Gasteiger partial charge in [-0.25, -0.2) is 28.1 Å². The van der Waals surface area contributed by atoms with Crippen molar-refractivity contribution in [2.24, 2.45) is 0 Å². The summed E-state index contributed by atoms with van der Waals surface area (Å²) in [6.07, 6.45) is 2.43. The summed E-state index contributed by atoms with van der Waals surface area (Å²) in [6.45, 7) is 5.47. The molecule has 0 aromatic carbocycles. The van der Waals surface area contributed by atoms with Crippen molar-refractivity contribution in [3.8, 4) is 0 Å². The number of carbonyl (C=O) groups is 2. The topological polar surface area (TPSA) is 100 Å². The highest BCUT2D eigenvalue weighted by atomic mass is 32.2. The number of nitrogens with zero attached hydrogens (tertiary/aromatic N) is 3. The maximum absolute atomic E-state index is 12.7. The molecule has 0 fully saturated rings. The Bertz CT molecular complexity index is 765. The lowest BCUT2D eigenvalue weighted by molar-refractivity contribution is -0.109. The molecule has 8 nitrogen and oxygen atoms in total. The van der Waals surface area contributed by atoms with Crippen LogP contribution in [0.1, 0.15) is 46.5 Å². The predicted molar refractivity (Wildman–Crippen MR) is 110 cm³/mol. The van der Waals surface area contributed by atoms with Crippen LogP contribution in [0, 0.1) is 0 Å². The van der Waals surface area contributed by atoms with Crippen LogP contribution in [0.5, 0.6) is 0 Å². The normalized spacial score (nSPS) is 10.9. The van der Waals surface area contributed by atoms with Crippen molar-refractivity contribution in [3.05, 3.63) is 31.5 Å². The molecule has 27 heavy (non-hydrogen) atoms. The lowest BCUT2D eigenvalue weighted by atomic mass is 10.3. The summed E-state index contributed by atoms with van der Waals surface area (Å²) in [5.41, 5.74) is -1.82. The second-order valence-corrected chi connectivity index (χ2v) is 8.59. The van der Waals surface area contributed by atoms with Gasteiger partial charge in [-0.05, 0) is 19.3 Å². The molecule has 0 saturated heterocycles. The molecule has 1 aromatic heterocycles. The Kier molecular flexibility index (Phi) is 10.5. The first kappa shape index (κ1) is 23.5. The summed E-state index contributed by atoms with van der Waals surface area (Å²) in [5.74, 6) is 1.01. The van der Waals surface area contributed by atoms with Crippen molar-refractivity contribution in [2.75, 3.05) is 11.5 Å². The highest BCUT2D eigenvalue weighted by Gasteiger charge is 2.15. The smallest absolute Gasteiger partial charge is 0.288 e. The van der Waals surface area contributed by atoms with Crippen LogP contribution in [0.25, 0.3) is 0 Å². The molecule has 0 bridgehead atoms. The van der Waals surface area contributed by atoms with E-state index >= 15 is 0 Å². The minimum absolute atomic E-state index is 0.0179. The lowest BCUT2D eigenvalue weighted by Gasteiger charge is -2.13. The number of aromatic nitrogens is 3. The summed E-state index contributed by atoms with van der Waals surface area (Å²) < 4.78 is 3.27. The summed E-state index contributed by atoms with van der Waals surface area (Å²) in [4.78, 5) is 59.9. The number of hydrogen-bond acceptors (Lipinski definition) is 7. The molecule has 1 heterocycles. The summed E-state index contributed by atoms with van der Waals surface area (Å²) in [6, 6.07) is 0. The first-order valence-electron chi connectivity index (χ1n) is 9.00. The van der Waals surface area contributed by atoms with Crippen LogP contribution in [0.15, 0.2) is 14.4 Å². The molecule has 0 N–H and O–H groups in total. The largest absolute Gasteiger partial charge is 0.336 e. The van der Waals surface area contributed by atoms with Gasteiger partial charge in [-0.15, -0.1) is 0 Å². The van der Waals surface area contributed by atoms with E-state index in [-0.39, 0.29) is 29.9 Å². The van der Waals surface area contributed by atoms with E-state index in [1.54, 1.807) is 0 Å². The van der Waals surface area contributed by atoms with Crippen LogP contribution < -0.4 is 17.1 Å². The van der Waals surface area contributed by atoms with Gasteiger partial charge in [0.25, 0.3) is 0 Å². The van der Waals surface area contributed by atoms with Crippen LogP contribution in [-0.2, 0) is 29.2 Å². The van der Waals surface area contributed by atoms with Crippen molar-refractivity contribution in [3.63, 3.8) is 0 Å². The number of hydrogen-bond donors (Lipinski definition) is 0. The molecular weight excluding hydrogens is 390 g/mol. The second kappa shape index (κ2) is 12.0. The molecule has 0 amide bonds. The molecule has 0 spiro atoms. The molecule has 152 valence electrons. The van der Waals surface area contributed by atoms with E-state index in [0.717, 1.165) is 43.6 Å². The average molecular weight is 418 g/mol. The van der Waals surface area contributed by atoms with E-state index in [4.69, 9.17) is 0 Å². The van der Waals surface area contributed by atoms with Gasteiger partial charge in [0, 0.05) is 45.0 Å². The summed E-state index contributed by atoms with van der Waals surface area (Å²) in [7, 11) is 0. The lowest BCUT2D eigenvalue weighted by Crippen LogP contribution is -2.54. The standard InChI is InChI=1S/C17H27N3O5S2/c1-4-5-8-18-15(23)19(9-6-11-26-13(2)21)17(25)20(16(18)24)10-7-12-27-14(3)22/h4-12H2,1-3H3. The minimum Gasteiger partial charge on any atom is -0.288 e. The van der Waals surface area contributed by atoms with Crippen LogP contribution in [0.2, 0.25) is 0 Å². The highest BCUT2D eigenvalue weighted by Crippen LogP contribution is 2.04. The molecular formula is C17H27N3O5S2. The van der Waals surface area contributed by atoms with Crippen molar-refractivity contribution in [1.29, 1.82) is 0 Å². The van der Waals surface area contributed by atoms with Gasteiger partial charge in [0.05, 0.1) is 0 Å². The van der Waals surface area contributed by atoms with Crippen LogP contribution in [0.4, 0.5) is 0 Å². The molecule has 0 aliphatic heterocycles. The highest BCUT2D eigenvalue weighted by molar-refractivity contribution is 8.13. The Hall–Kier alpha value is -1.55. The van der Waals surface area contributed by atoms with Gasteiger partial charge in [0.2, 0.25) is 0 Å². The Morgan fingerprint density at radius 1 is 0.704 bits per heavy atom. The number of rotatable bonds is 11. The van der Waals surface area contributed by atoms with Gasteiger partial charge >= 0.3 is 17.1 Å². The van der Waals surface area contributed by atoms with Gasteiger partial charge in [0.15, 0.2) is 10.2 Å². The van der Waals surface area contributed by atoms with E-state index in [9.17, 15) is 24.0 Å². The first-order chi connectivity index (χ1) is 12.8. The number of unbranched alkanes of at least 4 members (excludes halogenated alkanes) is 1. The van der Waals surface area contributed by atoms with Crippen molar-refractivity contribution < 1.29 is 9.59 Å². The van der Waals surface area contributed by atoms with Crippen molar-refractivity contribution in [1.82, 2.24) is 13.7 Å². The van der Waals surface area contributed by atoms with E-state index < -0.39 is 17.1 Å². The quantitative estimate of drug-likeness (QED) is 0.501. The zero-order valence-corrected chi connectivity index (χ0v) is 17.7.